The number of aromatic nitrogens is 3. The summed E-state index contributed by atoms with van der Waals surface area (Å²) in [5.74, 6) is 1.78. The molecule has 28 heavy (non-hydrogen) atoms. The average Bonchev–Trinajstić information content (AvgIpc) is 3.18. The van der Waals surface area contributed by atoms with Crippen LogP contribution in [-0.2, 0) is 6.54 Å². The molecule has 8 heteroatoms. The Labute approximate surface area is 170 Å². The number of hydrogen-bond acceptors (Lipinski definition) is 5. The Balaban J connectivity index is 0.00000280. The van der Waals surface area contributed by atoms with Crippen LogP contribution in [0.2, 0.25) is 0 Å². The number of aromatic amines is 1. The van der Waals surface area contributed by atoms with Crippen molar-refractivity contribution in [2.24, 2.45) is 5.73 Å². The lowest BCUT2D eigenvalue weighted by Gasteiger charge is -2.12. The number of ether oxygens (including phenoxy) is 1. The summed E-state index contributed by atoms with van der Waals surface area (Å²) >= 11 is 0. The van der Waals surface area contributed by atoms with Crippen molar-refractivity contribution in [2.45, 2.75) is 32.9 Å². The minimum atomic E-state index is -0.179. The number of carbonyl (C=O) groups excluding carboxylic acids is 1. The largest absolute Gasteiger partial charge is 0.491 e. The van der Waals surface area contributed by atoms with E-state index in [0.29, 0.717) is 29.4 Å². The van der Waals surface area contributed by atoms with Gasteiger partial charge in [-0.2, -0.15) is 5.10 Å². The number of anilines is 1. The number of nitrogens with one attached hydrogen (secondary N) is 2. The number of nitrogens with two attached hydrogens (primary N) is 1. The van der Waals surface area contributed by atoms with Gasteiger partial charge in [-0.3, -0.25) is 9.89 Å². The van der Waals surface area contributed by atoms with Gasteiger partial charge in [0.25, 0.3) is 5.91 Å². The van der Waals surface area contributed by atoms with Gasteiger partial charge in [-0.1, -0.05) is 6.92 Å². The average molecular weight is 402 g/mol. The molecule has 0 aliphatic heterocycles. The third kappa shape index (κ3) is 5.31. The van der Waals surface area contributed by atoms with Crippen LogP contribution in [0.25, 0.3) is 11.4 Å². The van der Waals surface area contributed by atoms with Crippen molar-refractivity contribution in [3.8, 4) is 17.1 Å². The molecule has 3 rings (SSSR count). The number of rotatable bonds is 7. The minimum Gasteiger partial charge on any atom is -0.491 e. The molecule has 0 aliphatic carbocycles. The standard InChI is InChI=1S/C20H23N5O2.ClH/c1-3-13(2)27-17-10-6-15(7-11-17)20(26)22-16-8-4-14(5-9-16)19-23-18(12-21)24-25-19;/h4-11,13H,3,12,21H2,1-2H3,(H,22,26)(H,23,24,25);1H. The lowest BCUT2D eigenvalue weighted by molar-refractivity contribution is 0.102. The zero-order valence-electron chi connectivity index (χ0n) is 15.8. The second kappa shape index (κ2) is 9.87. The summed E-state index contributed by atoms with van der Waals surface area (Å²) in [6.45, 7) is 4.39. The molecule has 0 saturated carbocycles. The summed E-state index contributed by atoms with van der Waals surface area (Å²) in [5, 5.41) is 9.77. The van der Waals surface area contributed by atoms with Crippen LogP contribution in [0.3, 0.4) is 0 Å². The summed E-state index contributed by atoms with van der Waals surface area (Å²) in [6.07, 6.45) is 1.08. The van der Waals surface area contributed by atoms with Crippen LogP contribution in [0.5, 0.6) is 5.75 Å². The molecule has 1 heterocycles. The van der Waals surface area contributed by atoms with E-state index < -0.39 is 0 Å². The fourth-order valence-corrected chi connectivity index (χ4v) is 2.42. The van der Waals surface area contributed by atoms with Crippen LogP contribution in [0.15, 0.2) is 48.5 Å². The topological polar surface area (TPSA) is 106 Å². The first-order chi connectivity index (χ1) is 13.1. The van der Waals surface area contributed by atoms with Gasteiger partial charge in [0.1, 0.15) is 11.6 Å². The molecule has 0 spiro atoms. The van der Waals surface area contributed by atoms with Crippen LogP contribution < -0.4 is 15.8 Å². The van der Waals surface area contributed by atoms with Gasteiger partial charge in [-0.05, 0) is 61.9 Å². The zero-order valence-corrected chi connectivity index (χ0v) is 16.6. The van der Waals surface area contributed by atoms with Crippen molar-refractivity contribution >= 4 is 24.0 Å². The van der Waals surface area contributed by atoms with Gasteiger partial charge < -0.3 is 15.8 Å². The quantitative estimate of drug-likeness (QED) is 0.558. The van der Waals surface area contributed by atoms with Crippen LogP contribution >= 0.6 is 12.4 Å². The van der Waals surface area contributed by atoms with E-state index in [-0.39, 0.29) is 24.4 Å². The van der Waals surface area contributed by atoms with Crippen molar-refractivity contribution in [3.05, 3.63) is 59.9 Å². The lowest BCUT2D eigenvalue weighted by Crippen LogP contribution is -2.12. The first-order valence-electron chi connectivity index (χ1n) is 8.89. The van der Waals surface area contributed by atoms with Gasteiger partial charge in [-0.15, -0.1) is 12.4 Å². The molecule has 0 saturated heterocycles. The lowest BCUT2D eigenvalue weighted by atomic mass is 10.1. The normalized spacial score (nSPS) is 11.4. The second-order valence-corrected chi connectivity index (χ2v) is 6.20. The van der Waals surface area contributed by atoms with E-state index in [1.807, 2.05) is 43.3 Å². The number of nitrogens with zero attached hydrogens (tertiary/aromatic N) is 2. The third-order valence-corrected chi connectivity index (χ3v) is 4.15. The maximum Gasteiger partial charge on any atom is 0.255 e. The maximum atomic E-state index is 12.4. The van der Waals surface area contributed by atoms with Gasteiger partial charge in [-0.25, -0.2) is 4.98 Å². The number of halogens is 1. The summed E-state index contributed by atoms with van der Waals surface area (Å²) in [7, 11) is 0. The molecule has 0 radical (unpaired) electrons. The Morgan fingerprint density at radius 3 is 2.43 bits per heavy atom. The van der Waals surface area contributed by atoms with Gasteiger partial charge in [0.2, 0.25) is 0 Å². The van der Waals surface area contributed by atoms with E-state index in [1.54, 1.807) is 12.1 Å². The van der Waals surface area contributed by atoms with Crippen molar-refractivity contribution in [2.75, 3.05) is 5.32 Å². The van der Waals surface area contributed by atoms with Gasteiger partial charge in [0, 0.05) is 16.8 Å². The summed E-state index contributed by atoms with van der Waals surface area (Å²) in [4.78, 5) is 16.7. The molecule has 0 aliphatic rings. The monoisotopic (exact) mass is 401 g/mol. The Hall–Kier alpha value is -2.90. The molecule has 2 aromatic carbocycles. The van der Waals surface area contributed by atoms with E-state index in [2.05, 4.69) is 27.4 Å². The van der Waals surface area contributed by atoms with E-state index >= 15 is 0 Å². The number of benzene rings is 2. The minimum absolute atomic E-state index is 0. The van der Waals surface area contributed by atoms with E-state index in [9.17, 15) is 4.79 Å². The van der Waals surface area contributed by atoms with Crippen LogP contribution in [-0.4, -0.2) is 27.2 Å². The molecule has 1 aromatic heterocycles. The molecule has 1 atom stereocenters. The Morgan fingerprint density at radius 1 is 1.18 bits per heavy atom. The fraction of sp³-hybridized carbons (Fsp3) is 0.250. The zero-order chi connectivity index (χ0) is 19.2. The van der Waals surface area contributed by atoms with Crippen molar-refractivity contribution in [3.63, 3.8) is 0 Å². The van der Waals surface area contributed by atoms with Crippen LogP contribution in [0.4, 0.5) is 5.69 Å². The molecule has 1 amide bonds. The molecule has 148 valence electrons. The van der Waals surface area contributed by atoms with Crippen molar-refractivity contribution < 1.29 is 9.53 Å². The molecule has 0 bridgehead atoms. The molecular formula is C20H24ClN5O2. The smallest absolute Gasteiger partial charge is 0.255 e. The number of amides is 1. The van der Waals surface area contributed by atoms with Crippen molar-refractivity contribution in [1.29, 1.82) is 0 Å². The van der Waals surface area contributed by atoms with Gasteiger partial charge in [0.15, 0.2) is 5.82 Å². The molecular weight excluding hydrogens is 378 g/mol. The highest BCUT2D eigenvalue weighted by Crippen LogP contribution is 2.19. The summed E-state index contributed by atoms with van der Waals surface area (Å²) in [6, 6.07) is 14.4. The predicted molar refractivity (Wildman–Crippen MR) is 112 cm³/mol. The fourth-order valence-electron chi connectivity index (χ4n) is 2.42. The van der Waals surface area contributed by atoms with Crippen LogP contribution in [0, 0.1) is 0 Å². The highest BCUT2D eigenvalue weighted by molar-refractivity contribution is 6.04. The Kier molecular flexibility index (Phi) is 7.54. The number of H-pyrrole nitrogens is 1. The van der Waals surface area contributed by atoms with E-state index in [0.717, 1.165) is 17.7 Å². The SMILES string of the molecule is CCC(C)Oc1ccc(C(=O)Nc2ccc(-c3n[nH]c(CN)n3)cc2)cc1.Cl. The molecule has 0 fully saturated rings. The Bertz CT molecular complexity index is 894. The summed E-state index contributed by atoms with van der Waals surface area (Å²) < 4.78 is 5.73. The van der Waals surface area contributed by atoms with Crippen LogP contribution in [0.1, 0.15) is 36.5 Å². The molecule has 4 N–H and O–H groups in total. The predicted octanol–water partition coefficient (Wildman–Crippen LogP) is 3.78. The van der Waals surface area contributed by atoms with Crippen molar-refractivity contribution in [1.82, 2.24) is 15.2 Å². The molecule has 3 aromatic rings. The summed E-state index contributed by atoms with van der Waals surface area (Å²) in [5.41, 5.74) is 7.63. The highest BCUT2D eigenvalue weighted by atomic mass is 35.5. The number of carbonyl (C=O) groups is 1. The van der Waals surface area contributed by atoms with Gasteiger partial charge >= 0.3 is 0 Å². The Morgan fingerprint density at radius 2 is 1.86 bits per heavy atom. The first kappa shape index (κ1) is 21.4. The molecule has 7 nitrogen and oxygen atoms in total. The molecule has 1 unspecified atom stereocenters. The number of hydrogen-bond donors (Lipinski definition) is 3. The highest BCUT2D eigenvalue weighted by Gasteiger charge is 2.09. The maximum absolute atomic E-state index is 12.4. The third-order valence-electron chi connectivity index (χ3n) is 4.15. The van der Waals surface area contributed by atoms with E-state index in [1.165, 1.54) is 0 Å². The van der Waals surface area contributed by atoms with E-state index in [4.69, 9.17) is 10.5 Å². The van der Waals surface area contributed by atoms with Gasteiger partial charge in [0.05, 0.1) is 12.6 Å². The second-order valence-electron chi connectivity index (χ2n) is 6.20. The first-order valence-corrected chi connectivity index (χ1v) is 8.89.